The fraction of sp³-hybridized carbons (Fsp3) is 0.529. The van der Waals surface area contributed by atoms with Crippen molar-refractivity contribution < 1.29 is 23.8 Å². The standard InChI is InChI=1S/C17H20N2O5/c20-15(9-12-2-3-13-14(8-12)23-11-22-13)19-6-1-4-17(5-7-19)10-18-16(21)24-17/h2-3,8H,1,4-7,9-11H2,(H,18,21)/t17-/m1/s1. The first-order valence-electron chi connectivity index (χ1n) is 8.27. The second kappa shape index (κ2) is 5.89. The number of likely N-dealkylation sites (tertiary alicyclic amines) is 1. The van der Waals surface area contributed by atoms with Crippen LogP contribution in [0.25, 0.3) is 0 Å². The quantitative estimate of drug-likeness (QED) is 0.887. The number of nitrogens with zero attached hydrogens (tertiary/aromatic N) is 1. The van der Waals surface area contributed by atoms with Gasteiger partial charge in [-0.05, 0) is 30.5 Å². The summed E-state index contributed by atoms with van der Waals surface area (Å²) in [6.07, 6.45) is 2.29. The van der Waals surface area contributed by atoms with Crippen LogP contribution in [-0.2, 0) is 16.0 Å². The number of fused-ring (bicyclic) bond motifs is 1. The van der Waals surface area contributed by atoms with Gasteiger partial charge in [0.15, 0.2) is 11.5 Å². The fourth-order valence-electron chi connectivity index (χ4n) is 3.54. The summed E-state index contributed by atoms with van der Waals surface area (Å²) in [6, 6.07) is 5.60. The maximum Gasteiger partial charge on any atom is 0.407 e. The number of hydrogen-bond donors (Lipinski definition) is 1. The highest BCUT2D eigenvalue weighted by Crippen LogP contribution is 2.33. The Balaban J connectivity index is 1.39. The molecule has 4 rings (SSSR count). The summed E-state index contributed by atoms with van der Waals surface area (Å²) in [5.74, 6) is 1.50. The lowest BCUT2D eigenvalue weighted by atomic mass is 9.95. The van der Waals surface area contributed by atoms with Crippen LogP contribution in [0.1, 0.15) is 24.8 Å². The molecule has 7 heteroatoms. The summed E-state index contributed by atoms with van der Waals surface area (Å²) in [7, 11) is 0. The third kappa shape index (κ3) is 2.86. The van der Waals surface area contributed by atoms with Gasteiger partial charge in [0.1, 0.15) is 5.60 Å². The van der Waals surface area contributed by atoms with Crippen molar-refractivity contribution in [1.29, 1.82) is 0 Å². The average Bonchev–Trinajstić information content (AvgIpc) is 3.10. The Labute approximate surface area is 139 Å². The first kappa shape index (κ1) is 15.1. The molecule has 1 aromatic rings. The highest BCUT2D eigenvalue weighted by Gasteiger charge is 2.41. The molecule has 3 heterocycles. The second-order valence-electron chi connectivity index (χ2n) is 6.52. The number of amides is 2. The molecule has 2 saturated heterocycles. The summed E-state index contributed by atoms with van der Waals surface area (Å²) >= 11 is 0. The maximum atomic E-state index is 12.6. The molecule has 3 aliphatic heterocycles. The van der Waals surface area contributed by atoms with Crippen molar-refractivity contribution in [3.63, 3.8) is 0 Å². The minimum absolute atomic E-state index is 0.0863. The van der Waals surface area contributed by atoms with Gasteiger partial charge in [-0.25, -0.2) is 4.79 Å². The highest BCUT2D eigenvalue weighted by molar-refractivity contribution is 5.79. The van der Waals surface area contributed by atoms with E-state index in [1.165, 1.54) is 0 Å². The fourth-order valence-corrected chi connectivity index (χ4v) is 3.54. The number of benzene rings is 1. The van der Waals surface area contributed by atoms with Crippen LogP contribution in [-0.4, -0.2) is 48.9 Å². The molecule has 0 bridgehead atoms. The van der Waals surface area contributed by atoms with Crippen LogP contribution < -0.4 is 14.8 Å². The van der Waals surface area contributed by atoms with Gasteiger partial charge in [-0.2, -0.15) is 0 Å². The van der Waals surface area contributed by atoms with Crippen molar-refractivity contribution in [1.82, 2.24) is 10.2 Å². The van der Waals surface area contributed by atoms with Crippen LogP contribution in [0.5, 0.6) is 11.5 Å². The third-order valence-corrected chi connectivity index (χ3v) is 4.91. The van der Waals surface area contributed by atoms with Gasteiger partial charge in [-0.3, -0.25) is 4.79 Å². The zero-order valence-electron chi connectivity index (χ0n) is 13.4. The van der Waals surface area contributed by atoms with Crippen LogP contribution in [0, 0.1) is 0 Å². The summed E-state index contributed by atoms with van der Waals surface area (Å²) in [6.45, 7) is 2.07. The van der Waals surface area contributed by atoms with E-state index >= 15 is 0 Å². The lowest BCUT2D eigenvalue weighted by Crippen LogP contribution is -2.37. The van der Waals surface area contributed by atoms with Gasteiger partial charge >= 0.3 is 6.09 Å². The predicted molar refractivity (Wildman–Crippen MR) is 83.9 cm³/mol. The number of hydrogen-bond acceptors (Lipinski definition) is 5. The van der Waals surface area contributed by atoms with E-state index in [-0.39, 0.29) is 18.8 Å². The molecule has 1 spiro atoms. The molecule has 7 nitrogen and oxygen atoms in total. The molecule has 2 fully saturated rings. The summed E-state index contributed by atoms with van der Waals surface area (Å²) in [5, 5.41) is 2.73. The van der Waals surface area contributed by atoms with Gasteiger partial charge in [-0.1, -0.05) is 6.07 Å². The zero-order valence-corrected chi connectivity index (χ0v) is 13.4. The Morgan fingerprint density at radius 1 is 1.21 bits per heavy atom. The SMILES string of the molecule is O=C1NC[C@]2(CCCN(C(=O)Cc3ccc4c(c3)OCO4)CC2)O1. The number of rotatable bonds is 2. The lowest BCUT2D eigenvalue weighted by molar-refractivity contribution is -0.130. The maximum absolute atomic E-state index is 12.6. The van der Waals surface area contributed by atoms with Gasteiger partial charge in [0.2, 0.25) is 12.7 Å². The Morgan fingerprint density at radius 3 is 2.92 bits per heavy atom. The molecule has 128 valence electrons. The summed E-state index contributed by atoms with van der Waals surface area (Å²) in [5.41, 5.74) is 0.474. The molecule has 3 aliphatic rings. The molecule has 1 aromatic carbocycles. The van der Waals surface area contributed by atoms with Crippen LogP contribution in [0.3, 0.4) is 0 Å². The average molecular weight is 332 g/mol. The molecule has 0 aromatic heterocycles. The summed E-state index contributed by atoms with van der Waals surface area (Å²) < 4.78 is 16.1. The molecule has 1 atom stereocenters. The van der Waals surface area contributed by atoms with Gasteiger partial charge in [-0.15, -0.1) is 0 Å². The zero-order chi connectivity index (χ0) is 16.6. The second-order valence-corrected chi connectivity index (χ2v) is 6.52. The van der Waals surface area contributed by atoms with Crippen molar-refractivity contribution in [2.75, 3.05) is 26.4 Å². The number of carbonyl (C=O) groups excluding carboxylic acids is 2. The molecule has 0 aliphatic carbocycles. The smallest absolute Gasteiger partial charge is 0.407 e. The Bertz CT molecular complexity index is 677. The summed E-state index contributed by atoms with van der Waals surface area (Å²) in [4.78, 5) is 25.8. The van der Waals surface area contributed by atoms with E-state index < -0.39 is 5.60 Å². The minimum Gasteiger partial charge on any atom is -0.454 e. The molecule has 0 radical (unpaired) electrons. The van der Waals surface area contributed by atoms with Gasteiger partial charge in [0.05, 0.1) is 13.0 Å². The first-order valence-corrected chi connectivity index (χ1v) is 8.27. The minimum atomic E-state index is -0.440. The van der Waals surface area contributed by atoms with Crippen molar-refractivity contribution in [3.05, 3.63) is 23.8 Å². The third-order valence-electron chi connectivity index (χ3n) is 4.91. The molecule has 24 heavy (non-hydrogen) atoms. The molecule has 0 saturated carbocycles. The number of ether oxygens (including phenoxy) is 3. The normalized spacial score (nSPS) is 25.3. The Morgan fingerprint density at radius 2 is 2.08 bits per heavy atom. The van der Waals surface area contributed by atoms with Crippen LogP contribution >= 0.6 is 0 Å². The van der Waals surface area contributed by atoms with E-state index in [4.69, 9.17) is 14.2 Å². The largest absolute Gasteiger partial charge is 0.454 e. The van der Waals surface area contributed by atoms with Gasteiger partial charge in [0.25, 0.3) is 0 Å². The molecular formula is C17H20N2O5. The Hall–Kier alpha value is -2.44. The van der Waals surface area contributed by atoms with Crippen molar-refractivity contribution in [2.24, 2.45) is 0 Å². The highest BCUT2D eigenvalue weighted by atomic mass is 16.7. The van der Waals surface area contributed by atoms with Crippen LogP contribution in [0.4, 0.5) is 4.79 Å². The number of nitrogens with one attached hydrogen (secondary N) is 1. The molecule has 1 N–H and O–H groups in total. The van der Waals surface area contributed by atoms with E-state index in [2.05, 4.69) is 5.32 Å². The van der Waals surface area contributed by atoms with E-state index in [9.17, 15) is 9.59 Å². The number of alkyl carbamates (subject to hydrolysis) is 1. The lowest BCUT2D eigenvalue weighted by Gasteiger charge is -2.25. The van der Waals surface area contributed by atoms with E-state index in [1.54, 1.807) is 0 Å². The van der Waals surface area contributed by atoms with E-state index in [0.29, 0.717) is 38.2 Å². The molecular weight excluding hydrogens is 312 g/mol. The van der Waals surface area contributed by atoms with Crippen LogP contribution in [0.2, 0.25) is 0 Å². The van der Waals surface area contributed by atoms with Crippen molar-refractivity contribution in [3.8, 4) is 11.5 Å². The van der Waals surface area contributed by atoms with Crippen molar-refractivity contribution >= 4 is 12.0 Å². The topological polar surface area (TPSA) is 77.1 Å². The van der Waals surface area contributed by atoms with Crippen molar-refractivity contribution in [2.45, 2.75) is 31.3 Å². The number of carbonyl (C=O) groups is 2. The Kier molecular flexibility index (Phi) is 3.70. The molecule has 0 unspecified atom stereocenters. The predicted octanol–water partition coefficient (Wildman–Crippen LogP) is 1.45. The first-order chi connectivity index (χ1) is 11.6. The molecule has 2 amide bonds. The van der Waals surface area contributed by atoms with Gasteiger partial charge < -0.3 is 24.4 Å². The van der Waals surface area contributed by atoms with E-state index in [1.807, 2.05) is 23.1 Å². The van der Waals surface area contributed by atoms with Gasteiger partial charge in [0, 0.05) is 19.5 Å². The van der Waals surface area contributed by atoms with Crippen LogP contribution in [0.15, 0.2) is 18.2 Å². The monoisotopic (exact) mass is 332 g/mol. The van der Waals surface area contributed by atoms with E-state index in [0.717, 1.165) is 24.2 Å².